The second kappa shape index (κ2) is 7.18. The lowest BCUT2D eigenvalue weighted by Crippen LogP contribution is -2.36. The summed E-state index contributed by atoms with van der Waals surface area (Å²) in [6, 6.07) is 5.29. The van der Waals surface area contributed by atoms with E-state index < -0.39 is 15.3 Å². The monoisotopic (exact) mass is 379 g/mol. The van der Waals surface area contributed by atoms with Crippen LogP contribution in [0.15, 0.2) is 35.2 Å². The quantitative estimate of drug-likeness (QED) is 0.596. The number of amides is 1. The van der Waals surface area contributed by atoms with Crippen LogP contribution >= 0.6 is 11.8 Å². The number of alkyl halides is 3. The van der Waals surface area contributed by atoms with Crippen LogP contribution in [-0.4, -0.2) is 49.3 Å². The van der Waals surface area contributed by atoms with Crippen molar-refractivity contribution in [3.63, 3.8) is 0 Å². The van der Waals surface area contributed by atoms with Crippen LogP contribution < -0.4 is 0 Å². The van der Waals surface area contributed by atoms with Gasteiger partial charge in [0.25, 0.3) is 0 Å². The van der Waals surface area contributed by atoms with E-state index in [0.717, 1.165) is 0 Å². The van der Waals surface area contributed by atoms with E-state index in [1.54, 1.807) is 7.05 Å². The number of hydrogen-bond acceptors (Lipinski definition) is 4. The normalized spacial score (nSPS) is 20.4. The Morgan fingerprint density at radius 1 is 1.29 bits per heavy atom. The Balaban J connectivity index is 1.96. The first-order valence-corrected chi connectivity index (χ1v) is 9.71. The van der Waals surface area contributed by atoms with Crippen molar-refractivity contribution in [2.24, 2.45) is 0 Å². The Morgan fingerprint density at radius 2 is 1.92 bits per heavy atom. The lowest BCUT2D eigenvalue weighted by atomic mass is 10.2. The van der Waals surface area contributed by atoms with Crippen LogP contribution in [0.1, 0.15) is 12.0 Å². The van der Waals surface area contributed by atoms with E-state index in [-0.39, 0.29) is 40.1 Å². The maximum atomic E-state index is 12.2. The van der Waals surface area contributed by atoms with Crippen LogP contribution in [0.25, 0.3) is 6.08 Å². The molecule has 1 amide bonds. The molecule has 1 aliphatic rings. The molecule has 1 saturated heterocycles. The van der Waals surface area contributed by atoms with Gasteiger partial charge < -0.3 is 4.90 Å². The van der Waals surface area contributed by atoms with E-state index in [9.17, 15) is 26.4 Å². The molecule has 24 heavy (non-hydrogen) atoms. The largest absolute Gasteiger partial charge is 0.446 e. The molecule has 0 saturated carbocycles. The number of hydrogen-bond donors (Lipinski definition) is 0. The van der Waals surface area contributed by atoms with E-state index in [0.29, 0.717) is 12.0 Å². The van der Waals surface area contributed by atoms with Crippen molar-refractivity contribution in [1.82, 2.24) is 4.90 Å². The van der Waals surface area contributed by atoms with Gasteiger partial charge in [-0.3, -0.25) is 4.79 Å². The summed E-state index contributed by atoms with van der Waals surface area (Å²) >= 11 is -0.201. The fraction of sp³-hybridized carbons (Fsp3) is 0.400. The van der Waals surface area contributed by atoms with Gasteiger partial charge in [-0.15, -0.1) is 0 Å². The van der Waals surface area contributed by atoms with E-state index in [4.69, 9.17) is 0 Å². The van der Waals surface area contributed by atoms with Gasteiger partial charge in [0.15, 0.2) is 9.84 Å². The SMILES string of the molecule is CN(C(=O)/C=C/c1ccc(SC(F)(F)F)cc1)C1CCS(=O)(=O)C1. The third-order valence-electron chi connectivity index (χ3n) is 3.64. The van der Waals surface area contributed by atoms with Gasteiger partial charge in [-0.1, -0.05) is 12.1 Å². The van der Waals surface area contributed by atoms with Crippen molar-refractivity contribution < 1.29 is 26.4 Å². The predicted octanol–water partition coefficient (Wildman–Crippen LogP) is 2.96. The molecule has 1 heterocycles. The van der Waals surface area contributed by atoms with Crippen LogP contribution in [0.3, 0.4) is 0 Å². The molecule has 0 N–H and O–H groups in total. The fourth-order valence-electron chi connectivity index (χ4n) is 2.33. The first kappa shape index (κ1) is 18.9. The highest BCUT2D eigenvalue weighted by atomic mass is 32.2. The molecule has 1 atom stereocenters. The molecule has 0 bridgehead atoms. The molecule has 2 rings (SSSR count). The van der Waals surface area contributed by atoms with Crippen LogP contribution in [-0.2, 0) is 14.6 Å². The smallest absolute Gasteiger partial charge is 0.338 e. The van der Waals surface area contributed by atoms with Crippen LogP contribution in [0.4, 0.5) is 13.2 Å². The molecule has 4 nitrogen and oxygen atoms in total. The Kier molecular flexibility index (Phi) is 5.64. The lowest BCUT2D eigenvalue weighted by Gasteiger charge is -2.21. The Bertz CT molecular complexity index is 727. The summed E-state index contributed by atoms with van der Waals surface area (Å²) in [6.07, 6.45) is 3.20. The van der Waals surface area contributed by atoms with E-state index >= 15 is 0 Å². The van der Waals surface area contributed by atoms with Crippen LogP contribution in [0, 0.1) is 0 Å². The first-order chi connectivity index (χ1) is 11.1. The average Bonchev–Trinajstić information content (AvgIpc) is 2.84. The summed E-state index contributed by atoms with van der Waals surface area (Å²) in [5, 5.41) is 0. The number of carbonyl (C=O) groups excluding carboxylic acids is 1. The lowest BCUT2D eigenvalue weighted by molar-refractivity contribution is -0.126. The summed E-state index contributed by atoms with van der Waals surface area (Å²) < 4.78 is 59.6. The summed E-state index contributed by atoms with van der Waals surface area (Å²) in [6.45, 7) is 0. The number of carbonyl (C=O) groups is 1. The standard InChI is InChI=1S/C15H16F3NO3S2/c1-19(12-8-9-24(21,22)10-12)14(20)7-4-11-2-5-13(6-3-11)23-15(16,17)18/h2-7,12H,8-10H2,1H3/b7-4+. The predicted molar refractivity (Wildman–Crippen MR) is 87.2 cm³/mol. The maximum Gasteiger partial charge on any atom is 0.446 e. The van der Waals surface area contributed by atoms with Gasteiger partial charge in [0.05, 0.1) is 11.5 Å². The van der Waals surface area contributed by atoms with Crippen molar-refractivity contribution >= 4 is 33.6 Å². The van der Waals surface area contributed by atoms with Gasteiger partial charge in [-0.2, -0.15) is 13.2 Å². The molecule has 1 aromatic rings. The molecule has 132 valence electrons. The number of halogens is 3. The molecule has 0 aromatic heterocycles. The second-order valence-corrected chi connectivity index (χ2v) is 8.82. The molecule has 1 fully saturated rings. The number of thioether (sulfide) groups is 1. The van der Waals surface area contributed by atoms with Crippen molar-refractivity contribution in [2.45, 2.75) is 22.9 Å². The van der Waals surface area contributed by atoms with Gasteiger partial charge >= 0.3 is 5.51 Å². The zero-order valence-corrected chi connectivity index (χ0v) is 14.4. The topological polar surface area (TPSA) is 54.5 Å². The minimum atomic E-state index is -4.34. The van der Waals surface area contributed by atoms with E-state index in [1.165, 1.54) is 41.3 Å². The van der Waals surface area contributed by atoms with Gasteiger partial charge in [0, 0.05) is 24.1 Å². The van der Waals surface area contributed by atoms with Crippen molar-refractivity contribution in [3.05, 3.63) is 35.9 Å². The van der Waals surface area contributed by atoms with Crippen molar-refractivity contribution in [2.75, 3.05) is 18.6 Å². The van der Waals surface area contributed by atoms with Gasteiger partial charge in [0.1, 0.15) is 0 Å². The first-order valence-electron chi connectivity index (χ1n) is 7.07. The van der Waals surface area contributed by atoms with Crippen molar-refractivity contribution in [1.29, 1.82) is 0 Å². The molecule has 0 aliphatic carbocycles. The zero-order valence-electron chi connectivity index (χ0n) is 12.8. The molecular formula is C15H16F3NO3S2. The second-order valence-electron chi connectivity index (χ2n) is 5.46. The zero-order chi connectivity index (χ0) is 18.0. The molecule has 0 spiro atoms. The number of sulfone groups is 1. The van der Waals surface area contributed by atoms with E-state index in [2.05, 4.69) is 0 Å². The highest BCUT2D eigenvalue weighted by Crippen LogP contribution is 2.36. The summed E-state index contributed by atoms with van der Waals surface area (Å²) in [7, 11) is -1.53. The maximum absolute atomic E-state index is 12.2. The van der Waals surface area contributed by atoms with Crippen LogP contribution in [0.2, 0.25) is 0 Å². The molecule has 1 aliphatic heterocycles. The highest BCUT2D eigenvalue weighted by molar-refractivity contribution is 8.00. The average molecular weight is 379 g/mol. The van der Waals surface area contributed by atoms with Gasteiger partial charge in [-0.05, 0) is 42.0 Å². The molecule has 1 unspecified atom stereocenters. The summed E-state index contributed by atoms with van der Waals surface area (Å²) in [4.78, 5) is 13.5. The molecule has 0 radical (unpaired) electrons. The minimum absolute atomic E-state index is 0.0353. The van der Waals surface area contributed by atoms with E-state index in [1.807, 2.05) is 0 Å². The van der Waals surface area contributed by atoms with Crippen molar-refractivity contribution in [3.8, 4) is 0 Å². The molecular weight excluding hydrogens is 363 g/mol. The fourth-order valence-corrected chi connectivity index (χ4v) is 4.64. The van der Waals surface area contributed by atoms with Crippen LogP contribution in [0.5, 0.6) is 0 Å². The number of likely N-dealkylation sites (N-methyl/N-ethyl adjacent to an activating group) is 1. The summed E-state index contributed by atoms with van der Waals surface area (Å²) in [5.74, 6) is -0.296. The number of nitrogens with zero attached hydrogens (tertiary/aromatic N) is 1. The Labute approximate surface area is 142 Å². The minimum Gasteiger partial charge on any atom is -0.338 e. The molecule has 9 heteroatoms. The number of benzene rings is 1. The highest BCUT2D eigenvalue weighted by Gasteiger charge is 2.32. The van der Waals surface area contributed by atoms with Gasteiger partial charge in [0.2, 0.25) is 5.91 Å². The molecule has 1 aromatic carbocycles. The Hall–Kier alpha value is -1.48. The third-order valence-corrected chi connectivity index (χ3v) is 6.13. The number of rotatable bonds is 4. The van der Waals surface area contributed by atoms with Gasteiger partial charge in [-0.25, -0.2) is 8.42 Å². The Morgan fingerprint density at radius 3 is 2.42 bits per heavy atom. The third kappa shape index (κ3) is 5.55. The summed E-state index contributed by atoms with van der Waals surface area (Å²) in [5.41, 5.74) is -3.75.